The highest BCUT2D eigenvalue weighted by molar-refractivity contribution is 5.02. The van der Waals surface area contributed by atoms with Crippen molar-refractivity contribution in [3.63, 3.8) is 0 Å². The number of H-pyrrole nitrogens is 1. The summed E-state index contributed by atoms with van der Waals surface area (Å²) in [5, 5.41) is 3.51. The van der Waals surface area contributed by atoms with Crippen molar-refractivity contribution in [2.75, 3.05) is 0 Å². The van der Waals surface area contributed by atoms with E-state index in [-0.39, 0.29) is 0 Å². The summed E-state index contributed by atoms with van der Waals surface area (Å²) in [7, 11) is 0. The zero-order valence-electron chi connectivity index (χ0n) is 9.34. The monoisotopic (exact) mass is 194 g/mol. The van der Waals surface area contributed by atoms with Gasteiger partial charge in [-0.05, 0) is 25.5 Å². The van der Waals surface area contributed by atoms with Gasteiger partial charge >= 0.3 is 0 Å². The molecule has 1 aromatic rings. The van der Waals surface area contributed by atoms with Crippen LogP contribution in [0.5, 0.6) is 0 Å². The average Bonchev–Trinajstić information content (AvgIpc) is 2.68. The van der Waals surface area contributed by atoms with E-state index in [1.54, 1.807) is 0 Å². The van der Waals surface area contributed by atoms with Crippen molar-refractivity contribution in [3.05, 3.63) is 24.0 Å². The highest BCUT2D eigenvalue weighted by atomic mass is 14.9. The number of hydrogen-bond donors (Lipinski definition) is 2. The summed E-state index contributed by atoms with van der Waals surface area (Å²) in [6, 6.07) is 4.79. The molecule has 0 aliphatic rings. The van der Waals surface area contributed by atoms with Gasteiger partial charge in [-0.2, -0.15) is 0 Å². The normalized spacial score (nSPS) is 13.0. The Labute approximate surface area is 87.1 Å². The van der Waals surface area contributed by atoms with Crippen LogP contribution in [0.2, 0.25) is 0 Å². The molecule has 0 radical (unpaired) electrons. The first-order chi connectivity index (χ1) is 6.83. The van der Waals surface area contributed by atoms with Crippen LogP contribution in [0.25, 0.3) is 0 Å². The van der Waals surface area contributed by atoms with Crippen LogP contribution in [0.1, 0.15) is 45.2 Å². The van der Waals surface area contributed by atoms with Gasteiger partial charge in [-0.3, -0.25) is 0 Å². The number of hydrogen-bond acceptors (Lipinski definition) is 1. The van der Waals surface area contributed by atoms with Crippen LogP contribution in [0.3, 0.4) is 0 Å². The SMILES string of the molecule is CCCCCC(C)NCc1ccc[nH]1. The van der Waals surface area contributed by atoms with Gasteiger partial charge in [0.2, 0.25) is 0 Å². The molecular weight excluding hydrogens is 172 g/mol. The van der Waals surface area contributed by atoms with Crippen LogP contribution in [0.4, 0.5) is 0 Å². The third-order valence-corrected chi connectivity index (χ3v) is 2.54. The molecule has 1 atom stereocenters. The van der Waals surface area contributed by atoms with E-state index >= 15 is 0 Å². The average molecular weight is 194 g/mol. The van der Waals surface area contributed by atoms with Crippen LogP contribution in [0, 0.1) is 0 Å². The first kappa shape index (κ1) is 11.3. The topological polar surface area (TPSA) is 27.8 Å². The number of unbranched alkanes of at least 4 members (excludes halogenated alkanes) is 2. The van der Waals surface area contributed by atoms with Crippen molar-refractivity contribution in [2.45, 2.75) is 52.1 Å². The smallest absolute Gasteiger partial charge is 0.0359 e. The summed E-state index contributed by atoms with van der Waals surface area (Å²) in [4.78, 5) is 3.20. The number of aromatic nitrogens is 1. The Morgan fingerprint density at radius 3 is 2.93 bits per heavy atom. The molecule has 2 heteroatoms. The number of aromatic amines is 1. The fourth-order valence-electron chi connectivity index (χ4n) is 1.56. The summed E-state index contributed by atoms with van der Waals surface area (Å²) >= 11 is 0. The molecule has 80 valence electrons. The molecule has 0 bridgehead atoms. The Morgan fingerprint density at radius 1 is 1.43 bits per heavy atom. The van der Waals surface area contributed by atoms with E-state index in [4.69, 9.17) is 0 Å². The standard InChI is InChI=1S/C12H22N2/c1-3-4-5-7-11(2)14-10-12-8-6-9-13-12/h6,8-9,11,13-14H,3-5,7,10H2,1-2H3. The van der Waals surface area contributed by atoms with E-state index in [2.05, 4.69) is 30.2 Å². The zero-order chi connectivity index (χ0) is 10.2. The van der Waals surface area contributed by atoms with Gasteiger partial charge in [0, 0.05) is 24.5 Å². The van der Waals surface area contributed by atoms with Crippen molar-refractivity contribution in [3.8, 4) is 0 Å². The minimum absolute atomic E-state index is 0.629. The maximum Gasteiger partial charge on any atom is 0.0359 e. The second kappa shape index (κ2) is 6.66. The molecule has 0 amide bonds. The molecule has 0 aromatic carbocycles. The second-order valence-corrected chi connectivity index (χ2v) is 3.97. The van der Waals surface area contributed by atoms with E-state index in [0.29, 0.717) is 6.04 Å². The molecule has 2 N–H and O–H groups in total. The lowest BCUT2D eigenvalue weighted by atomic mass is 10.1. The highest BCUT2D eigenvalue weighted by Crippen LogP contribution is 2.03. The van der Waals surface area contributed by atoms with Crippen LogP contribution < -0.4 is 5.32 Å². The van der Waals surface area contributed by atoms with E-state index < -0.39 is 0 Å². The Balaban J connectivity index is 2.06. The van der Waals surface area contributed by atoms with Crippen molar-refractivity contribution in [2.24, 2.45) is 0 Å². The molecule has 0 saturated carbocycles. The molecule has 2 nitrogen and oxygen atoms in total. The first-order valence-electron chi connectivity index (χ1n) is 5.68. The molecule has 0 saturated heterocycles. The lowest BCUT2D eigenvalue weighted by Crippen LogP contribution is -2.25. The van der Waals surface area contributed by atoms with Gasteiger partial charge in [-0.25, -0.2) is 0 Å². The van der Waals surface area contributed by atoms with Crippen LogP contribution in [-0.4, -0.2) is 11.0 Å². The molecule has 1 rings (SSSR count). The summed E-state index contributed by atoms with van der Waals surface area (Å²) in [5.74, 6) is 0. The van der Waals surface area contributed by atoms with Gasteiger partial charge < -0.3 is 10.3 Å². The molecule has 0 aliphatic carbocycles. The minimum atomic E-state index is 0.629. The van der Waals surface area contributed by atoms with Gasteiger partial charge in [-0.1, -0.05) is 26.2 Å². The van der Waals surface area contributed by atoms with Gasteiger partial charge in [-0.15, -0.1) is 0 Å². The van der Waals surface area contributed by atoms with Gasteiger partial charge in [0.05, 0.1) is 0 Å². The van der Waals surface area contributed by atoms with Crippen LogP contribution in [0.15, 0.2) is 18.3 Å². The third-order valence-electron chi connectivity index (χ3n) is 2.54. The Kier molecular flexibility index (Phi) is 5.38. The first-order valence-corrected chi connectivity index (χ1v) is 5.68. The van der Waals surface area contributed by atoms with E-state index in [1.165, 1.54) is 31.4 Å². The maximum absolute atomic E-state index is 3.51. The van der Waals surface area contributed by atoms with Gasteiger partial charge in [0.1, 0.15) is 0 Å². The Bertz CT molecular complexity index is 216. The van der Waals surface area contributed by atoms with Crippen LogP contribution in [-0.2, 0) is 6.54 Å². The fourth-order valence-corrected chi connectivity index (χ4v) is 1.56. The Morgan fingerprint density at radius 2 is 2.29 bits per heavy atom. The molecule has 1 heterocycles. The molecule has 0 aliphatic heterocycles. The summed E-state index contributed by atoms with van der Waals surface area (Å²) < 4.78 is 0. The highest BCUT2D eigenvalue weighted by Gasteiger charge is 2.00. The number of nitrogens with one attached hydrogen (secondary N) is 2. The predicted molar refractivity (Wildman–Crippen MR) is 61.2 cm³/mol. The zero-order valence-corrected chi connectivity index (χ0v) is 9.34. The maximum atomic E-state index is 3.51. The quantitative estimate of drug-likeness (QED) is 0.641. The molecule has 14 heavy (non-hydrogen) atoms. The van der Waals surface area contributed by atoms with Gasteiger partial charge in [0.15, 0.2) is 0 Å². The second-order valence-electron chi connectivity index (χ2n) is 3.97. The fraction of sp³-hybridized carbons (Fsp3) is 0.667. The molecule has 0 spiro atoms. The lowest BCUT2D eigenvalue weighted by molar-refractivity contribution is 0.484. The number of rotatable bonds is 7. The van der Waals surface area contributed by atoms with Crippen LogP contribution >= 0.6 is 0 Å². The van der Waals surface area contributed by atoms with Crippen molar-refractivity contribution >= 4 is 0 Å². The van der Waals surface area contributed by atoms with Crippen molar-refractivity contribution in [1.82, 2.24) is 10.3 Å². The van der Waals surface area contributed by atoms with E-state index in [9.17, 15) is 0 Å². The van der Waals surface area contributed by atoms with E-state index in [1.807, 2.05) is 12.3 Å². The molecular formula is C12H22N2. The minimum Gasteiger partial charge on any atom is -0.364 e. The van der Waals surface area contributed by atoms with Gasteiger partial charge in [0.25, 0.3) is 0 Å². The molecule has 1 aromatic heterocycles. The summed E-state index contributed by atoms with van der Waals surface area (Å²) in [5.41, 5.74) is 1.27. The largest absolute Gasteiger partial charge is 0.364 e. The molecule has 1 unspecified atom stereocenters. The van der Waals surface area contributed by atoms with Crippen molar-refractivity contribution < 1.29 is 0 Å². The van der Waals surface area contributed by atoms with Crippen molar-refractivity contribution in [1.29, 1.82) is 0 Å². The predicted octanol–water partition coefficient (Wildman–Crippen LogP) is 3.07. The summed E-state index contributed by atoms with van der Waals surface area (Å²) in [6.07, 6.45) is 7.26. The summed E-state index contributed by atoms with van der Waals surface area (Å²) in [6.45, 7) is 5.47. The lowest BCUT2D eigenvalue weighted by Gasteiger charge is -2.12. The molecule has 0 fully saturated rings. The third kappa shape index (κ3) is 4.47. The van der Waals surface area contributed by atoms with E-state index in [0.717, 1.165) is 6.54 Å². The Hall–Kier alpha value is -0.760.